The molecule has 0 spiro atoms. The summed E-state index contributed by atoms with van der Waals surface area (Å²) in [7, 11) is 0. The molecule has 0 bridgehead atoms. The molecule has 0 aromatic carbocycles. The van der Waals surface area contributed by atoms with E-state index in [0.717, 1.165) is 32.1 Å². The Morgan fingerprint density at radius 1 is 1.22 bits per heavy atom. The molecule has 0 saturated heterocycles. The average molecular weight is 444 g/mol. The maximum absolute atomic E-state index is 11.9. The highest BCUT2D eigenvalue weighted by Gasteiger charge is 2.22. The third-order valence-electron chi connectivity index (χ3n) is 4.04. The summed E-state index contributed by atoms with van der Waals surface area (Å²) in [6.45, 7) is 0.898. The fourth-order valence-corrected chi connectivity index (χ4v) is 2.96. The molecule has 1 fully saturated rings. The fourth-order valence-electron chi connectivity index (χ4n) is 2.65. The zero-order chi connectivity index (χ0) is 19.8. The van der Waals surface area contributed by atoms with Gasteiger partial charge in [0.25, 0.3) is 11.8 Å². The average Bonchev–Trinajstić information content (AvgIpc) is 3.06. The van der Waals surface area contributed by atoms with Crippen molar-refractivity contribution in [2.24, 2.45) is 0 Å². The number of esters is 1. The number of hydrogen-bond acceptors (Lipinski definition) is 6. The van der Waals surface area contributed by atoms with Crippen molar-refractivity contribution in [1.29, 1.82) is 0 Å². The van der Waals surface area contributed by atoms with Gasteiger partial charge in [0.2, 0.25) is 0 Å². The summed E-state index contributed by atoms with van der Waals surface area (Å²) in [6.07, 6.45) is 3.85. The van der Waals surface area contributed by atoms with Crippen molar-refractivity contribution >= 4 is 39.7 Å². The number of ether oxygens (including phenoxy) is 1. The Morgan fingerprint density at radius 2 is 1.93 bits per heavy atom. The number of rotatable bonds is 6. The van der Waals surface area contributed by atoms with E-state index in [2.05, 4.69) is 31.9 Å². The minimum absolute atomic E-state index is 0.0276. The molecule has 1 aromatic heterocycles. The van der Waals surface area contributed by atoms with Crippen molar-refractivity contribution in [2.75, 3.05) is 6.54 Å². The first kappa shape index (κ1) is 20.9. The van der Waals surface area contributed by atoms with Crippen molar-refractivity contribution in [3.63, 3.8) is 0 Å². The molecule has 0 aliphatic heterocycles. The monoisotopic (exact) mass is 443 g/mol. The van der Waals surface area contributed by atoms with Crippen molar-refractivity contribution in [1.82, 2.24) is 16.0 Å². The van der Waals surface area contributed by atoms with Crippen LogP contribution in [0.2, 0.25) is 0 Å². The number of amides is 4. The first-order chi connectivity index (χ1) is 12.8. The molecule has 148 valence electrons. The lowest BCUT2D eigenvalue weighted by molar-refractivity contribution is -0.153. The van der Waals surface area contributed by atoms with E-state index in [1.54, 1.807) is 0 Å². The largest absolute Gasteiger partial charge is 0.451 e. The number of carbonyl (C=O) groups excluding carboxylic acids is 4. The van der Waals surface area contributed by atoms with E-state index < -0.39 is 36.5 Å². The molecule has 1 aliphatic carbocycles. The highest BCUT2D eigenvalue weighted by molar-refractivity contribution is 9.10. The van der Waals surface area contributed by atoms with E-state index in [0.29, 0.717) is 4.67 Å². The van der Waals surface area contributed by atoms with Gasteiger partial charge in [-0.3, -0.25) is 19.7 Å². The van der Waals surface area contributed by atoms with Crippen LogP contribution in [-0.4, -0.2) is 42.5 Å². The molecule has 1 saturated carbocycles. The van der Waals surface area contributed by atoms with Crippen LogP contribution in [0.25, 0.3) is 0 Å². The fraction of sp³-hybridized carbons (Fsp3) is 0.529. The second-order valence-electron chi connectivity index (χ2n) is 6.22. The lowest BCUT2D eigenvalue weighted by atomic mass is 9.96. The molecule has 1 unspecified atom stereocenters. The summed E-state index contributed by atoms with van der Waals surface area (Å²) in [4.78, 5) is 47.3. The molecule has 10 heteroatoms. The quantitative estimate of drug-likeness (QED) is 0.575. The van der Waals surface area contributed by atoms with Gasteiger partial charge in [-0.25, -0.2) is 4.79 Å². The van der Waals surface area contributed by atoms with E-state index in [4.69, 9.17) is 9.15 Å². The number of imide groups is 1. The topological polar surface area (TPSA) is 127 Å². The van der Waals surface area contributed by atoms with Crippen LogP contribution in [0.1, 0.15) is 49.6 Å². The van der Waals surface area contributed by atoms with Crippen molar-refractivity contribution in [3.05, 3.63) is 22.6 Å². The Balaban J connectivity index is 1.68. The summed E-state index contributed by atoms with van der Waals surface area (Å²) in [5.41, 5.74) is 0. The van der Waals surface area contributed by atoms with Gasteiger partial charge in [0.1, 0.15) is 6.54 Å². The molecular weight excluding hydrogens is 422 g/mol. The predicted molar refractivity (Wildman–Crippen MR) is 97.8 cm³/mol. The zero-order valence-electron chi connectivity index (χ0n) is 14.9. The predicted octanol–water partition coefficient (Wildman–Crippen LogP) is 1.86. The van der Waals surface area contributed by atoms with E-state index in [9.17, 15) is 19.2 Å². The van der Waals surface area contributed by atoms with Gasteiger partial charge in [0.15, 0.2) is 16.5 Å². The van der Waals surface area contributed by atoms with Crippen molar-refractivity contribution < 1.29 is 28.3 Å². The van der Waals surface area contributed by atoms with Crippen LogP contribution in [0.4, 0.5) is 4.79 Å². The number of hydrogen-bond donors (Lipinski definition) is 3. The number of carbonyl (C=O) groups is 4. The number of furan rings is 1. The third kappa shape index (κ3) is 7.05. The molecule has 4 amide bonds. The van der Waals surface area contributed by atoms with Crippen molar-refractivity contribution in [2.45, 2.75) is 51.2 Å². The van der Waals surface area contributed by atoms with Gasteiger partial charge < -0.3 is 19.8 Å². The van der Waals surface area contributed by atoms with Crippen LogP contribution in [0.3, 0.4) is 0 Å². The van der Waals surface area contributed by atoms with Crippen LogP contribution in [0.5, 0.6) is 0 Å². The lowest BCUT2D eigenvalue weighted by Crippen LogP contribution is -2.48. The van der Waals surface area contributed by atoms with Gasteiger partial charge in [-0.1, -0.05) is 19.3 Å². The first-order valence-corrected chi connectivity index (χ1v) is 9.49. The molecule has 27 heavy (non-hydrogen) atoms. The highest BCUT2D eigenvalue weighted by Crippen LogP contribution is 2.17. The molecule has 1 atom stereocenters. The number of halogens is 1. The molecular formula is C17H22BrN3O6. The number of urea groups is 1. The van der Waals surface area contributed by atoms with Gasteiger partial charge in [-0.2, -0.15) is 0 Å². The van der Waals surface area contributed by atoms with Crippen molar-refractivity contribution in [3.8, 4) is 0 Å². The van der Waals surface area contributed by atoms with Crippen LogP contribution in [-0.2, 0) is 14.3 Å². The molecule has 1 aromatic rings. The Bertz CT molecular complexity index is 699. The van der Waals surface area contributed by atoms with Gasteiger partial charge in [0, 0.05) is 6.04 Å². The van der Waals surface area contributed by atoms with E-state index in [1.165, 1.54) is 19.1 Å². The highest BCUT2D eigenvalue weighted by atomic mass is 79.9. The molecule has 1 aliphatic rings. The van der Waals surface area contributed by atoms with Crippen LogP contribution >= 0.6 is 15.9 Å². The maximum Gasteiger partial charge on any atom is 0.326 e. The molecule has 9 nitrogen and oxygen atoms in total. The van der Waals surface area contributed by atoms with Gasteiger partial charge in [-0.15, -0.1) is 0 Å². The zero-order valence-corrected chi connectivity index (χ0v) is 16.5. The lowest BCUT2D eigenvalue weighted by Gasteiger charge is -2.23. The maximum atomic E-state index is 11.9. The van der Waals surface area contributed by atoms with Crippen LogP contribution < -0.4 is 16.0 Å². The first-order valence-electron chi connectivity index (χ1n) is 8.69. The Morgan fingerprint density at radius 3 is 2.56 bits per heavy atom. The normalized spacial score (nSPS) is 15.5. The van der Waals surface area contributed by atoms with Crippen LogP contribution in [0.15, 0.2) is 21.2 Å². The molecule has 1 heterocycles. The van der Waals surface area contributed by atoms with Gasteiger partial charge in [-0.05, 0) is 47.8 Å². The molecule has 0 radical (unpaired) electrons. The summed E-state index contributed by atoms with van der Waals surface area (Å²) >= 11 is 3.06. The van der Waals surface area contributed by atoms with Gasteiger partial charge in [0.05, 0.1) is 0 Å². The Kier molecular flexibility index (Phi) is 7.83. The SMILES string of the molecule is CC(OC(=O)CNC(=O)c1ccc(Br)o1)C(=O)NC(=O)NC1CCCCC1. The third-order valence-corrected chi connectivity index (χ3v) is 4.47. The van der Waals surface area contributed by atoms with E-state index in [-0.39, 0.29) is 11.8 Å². The summed E-state index contributed by atoms with van der Waals surface area (Å²) in [6, 6.07) is 2.43. The van der Waals surface area contributed by atoms with Crippen LogP contribution in [0, 0.1) is 0 Å². The standard InChI is InChI=1S/C17H22BrN3O6/c1-10(15(23)21-17(25)20-11-5-3-2-4-6-11)26-14(22)9-19-16(24)12-7-8-13(18)27-12/h7-8,10-11H,2-6,9H2,1H3,(H,19,24)(H2,20,21,23,25). The summed E-state index contributed by atoms with van der Waals surface area (Å²) in [5.74, 6) is -2.12. The molecule has 3 N–H and O–H groups in total. The molecule has 2 rings (SSSR count). The minimum Gasteiger partial charge on any atom is -0.451 e. The Hall–Kier alpha value is -2.36. The van der Waals surface area contributed by atoms with E-state index >= 15 is 0 Å². The second kappa shape index (κ2) is 10.1. The minimum atomic E-state index is -1.18. The summed E-state index contributed by atoms with van der Waals surface area (Å²) in [5, 5.41) is 7.20. The van der Waals surface area contributed by atoms with E-state index in [1.807, 2.05) is 0 Å². The smallest absolute Gasteiger partial charge is 0.326 e. The van der Waals surface area contributed by atoms with Gasteiger partial charge >= 0.3 is 12.0 Å². The summed E-state index contributed by atoms with van der Waals surface area (Å²) < 4.78 is 10.3. The Labute approximate surface area is 164 Å². The second-order valence-corrected chi connectivity index (χ2v) is 7.00. The number of nitrogens with one attached hydrogen (secondary N) is 3.